The van der Waals surface area contributed by atoms with Crippen LogP contribution in [0.5, 0.6) is 0 Å². The van der Waals surface area contributed by atoms with Crippen LogP contribution < -0.4 is 34.9 Å². The van der Waals surface area contributed by atoms with Gasteiger partial charge in [0.15, 0.2) is 0 Å². The van der Waals surface area contributed by atoms with E-state index in [9.17, 15) is 18.1 Å². The molecule has 0 spiro atoms. The van der Waals surface area contributed by atoms with Crippen LogP contribution in [0.15, 0.2) is 0 Å². The predicted octanol–water partition coefficient (Wildman–Crippen LogP) is 0.967. The van der Waals surface area contributed by atoms with Gasteiger partial charge in [-0.2, -0.15) is 0 Å². The van der Waals surface area contributed by atoms with E-state index in [0.717, 1.165) is 19.4 Å². The Hall–Kier alpha value is 0.830. The second kappa shape index (κ2) is 20.6. The third kappa shape index (κ3) is 24.8. The van der Waals surface area contributed by atoms with Crippen molar-refractivity contribution in [3.63, 3.8) is 0 Å². The van der Waals surface area contributed by atoms with E-state index >= 15 is 0 Å². The van der Waals surface area contributed by atoms with E-state index in [4.69, 9.17) is 0 Å². The molecule has 0 bridgehead atoms. The zero-order valence-corrected chi connectivity index (χ0v) is 20.0. The quantitative estimate of drug-likeness (QED) is 0.191. The summed E-state index contributed by atoms with van der Waals surface area (Å²) >= 11 is 0. The average Bonchev–Trinajstić information content (AvgIpc) is 2.53. The zero-order chi connectivity index (χ0) is 18.8. The van der Waals surface area contributed by atoms with Crippen LogP contribution in [-0.4, -0.2) is 43.0 Å². The molecule has 1 atom stereocenters. The molecular weight excluding hydrogens is 361 g/mol. The molecule has 0 aliphatic rings. The summed E-state index contributed by atoms with van der Waals surface area (Å²) in [5, 5.41) is 12.4. The minimum absolute atomic E-state index is 0. The van der Waals surface area contributed by atoms with Crippen LogP contribution in [-0.2, 0) is 10.1 Å². The SMILES string of the molecule is CCCCCCCCCCCCCCCCNCC(O)CS(=O)(=O)[O-].[Na+]. The van der Waals surface area contributed by atoms with Gasteiger partial charge in [-0.25, -0.2) is 8.42 Å². The van der Waals surface area contributed by atoms with E-state index in [-0.39, 0.29) is 36.1 Å². The van der Waals surface area contributed by atoms with Gasteiger partial charge >= 0.3 is 29.6 Å². The van der Waals surface area contributed by atoms with E-state index in [1.165, 1.54) is 77.0 Å². The van der Waals surface area contributed by atoms with E-state index in [0.29, 0.717) is 0 Å². The molecular formula is C19H40NNaO4S. The Bertz CT molecular complexity index is 380. The van der Waals surface area contributed by atoms with Crippen LogP contribution in [0, 0.1) is 0 Å². The summed E-state index contributed by atoms with van der Waals surface area (Å²) in [5.41, 5.74) is 0. The van der Waals surface area contributed by atoms with Crippen molar-refractivity contribution < 1.29 is 47.6 Å². The Labute approximate surface area is 184 Å². The number of nitrogens with one attached hydrogen (secondary N) is 1. The first-order valence-corrected chi connectivity index (χ1v) is 11.9. The topological polar surface area (TPSA) is 89.5 Å². The van der Waals surface area contributed by atoms with Crippen molar-refractivity contribution in [3.8, 4) is 0 Å². The van der Waals surface area contributed by atoms with E-state index < -0.39 is 22.0 Å². The standard InChI is InChI=1S/C19H41NO4S.Na/c1-2-3-4-5-6-7-8-9-10-11-12-13-14-15-16-20-17-19(21)18-25(22,23)24;/h19-21H,2-18H2,1H3,(H,22,23,24);/q;+1/p-1. The van der Waals surface area contributed by atoms with Crippen LogP contribution in [0.3, 0.4) is 0 Å². The first-order valence-electron chi connectivity index (χ1n) is 10.3. The first-order chi connectivity index (χ1) is 12.0. The van der Waals surface area contributed by atoms with Crippen molar-refractivity contribution >= 4 is 10.1 Å². The van der Waals surface area contributed by atoms with Crippen molar-refractivity contribution in [1.29, 1.82) is 0 Å². The summed E-state index contributed by atoms with van der Waals surface area (Å²) < 4.78 is 31.4. The maximum Gasteiger partial charge on any atom is 1.00 e. The molecule has 5 nitrogen and oxygen atoms in total. The van der Waals surface area contributed by atoms with Gasteiger partial charge in [-0.15, -0.1) is 0 Å². The number of rotatable bonds is 19. The molecule has 0 saturated heterocycles. The Morgan fingerprint density at radius 2 is 1.19 bits per heavy atom. The van der Waals surface area contributed by atoms with Crippen molar-refractivity contribution in [1.82, 2.24) is 5.32 Å². The Balaban J connectivity index is 0. The van der Waals surface area contributed by atoms with Gasteiger partial charge in [-0.3, -0.25) is 0 Å². The molecule has 0 rings (SSSR count). The number of aliphatic hydroxyl groups excluding tert-OH is 1. The summed E-state index contributed by atoms with van der Waals surface area (Å²) in [6, 6.07) is 0. The largest absolute Gasteiger partial charge is 1.00 e. The van der Waals surface area contributed by atoms with Crippen LogP contribution in [0.25, 0.3) is 0 Å². The molecule has 0 fully saturated rings. The Morgan fingerprint density at radius 3 is 1.58 bits per heavy atom. The van der Waals surface area contributed by atoms with Crippen molar-refractivity contribution in [3.05, 3.63) is 0 Å². The molecule has 26 heavy (non-hydrogen) atoms. The fraction of sp³-hybridized carbons (Fsp3) is 1.00. The van der Waals surface area contributed by atoms with Crippen molar-refractivity contribution in [2.75, 3.05) is 18.8 Å². The molecule has 0 aliphatic heterocycles. The van der Waals surface area contributed by atoms with Crippen molar-refractivity contribution in [2.45, 2.75) is 103 Å². The molecule has 0 radical (unpaired) electrons. The minimum atomic E-state index is -4.34. The molecule has 1 unspecified atom stereocenters. The molecule has 0 heterocycles. The second-order valence-corrected chi connectivity index (χ2v) is 8.63. The number of hydrogen-bond donors (Lipinski definition) is 2. The fourth-order valence-electron chi connectivity index (χ4n) is 3.01. The van der Waals surface area contributed by atoms with Gasteiger partial charge in [-0.1, -0.05) is 90.4 Å². The van der Waals surface area contributed by atoms with E-state index in [1.54, 1.807) is 0 Å². The van der Waals surface area contributed by atoms with Gasteiger partial charge in [0, 0.05) is 6.54 Å². The van der Waals surface area contributed by atoms with Gasteiger partial charge in [-0.05, 0) is 13.0 Å². The van der Waals surface area contributed by atoms with E-state index in [1.807, 2.05) is 0 Å². The molecule has 0 aromatic heterocycles. The van der Waals surface area contributed by atoms with E-state index in [2.05, 4.69) is 12.2 Å². The Morgan fingerprint density at radius 1 is 0.808 bits per heavy atom. The number of aliphatic hydroxyl groups is 1. The monoisotopic (exact) mass is 401 g/mol. The third-order valence-corrected chi connectivity index (χ3v) is 5.28. The summed E-state index contributed by atoms with van der Waals surface area (Å²) in [5.74, 6) is -0.710. The van der Waals surface area contributed by atoms with Crippen LogP contribution in [0.1, 0.15) is 96.8 Å². The smallest absolute Gasteiger partial charge is 0.748 e. The van der Waals surface area contributed by atoms with Gasteiger partial charge in [0.1, 0.15) is 0 Å². The fourth-order valence-corrected chi connectivity index (χ4v) is 3.60. The summed E-state index contributed by atoms with van der Waals surface area (Å²) in [4.78, 5) is 0. The van der Waals surface area contributed by atoms with Crippen LogP contribution in [0.4, 0.5) is 0 Å². The normalized spacial score (nSPS) is 12.7. The molecule has 7 heteroatoms. The first kappa shape index (κ1) is 29.0. The molecule has 2 N–H and O–H groups in total. The molecule has 0 amide bonds. The molecule has 0 aromatic rings. The average molecular weight is 402 g/mol. The maximum absolute atomic E-state index is 10.5. The third-order valence-electron chi connectivity index (χ3n) is 4.48. The van der Waals surface area contributed by atoms with Gasteiger partial charge in [0.25, 0.3) is 0 Å². The van der Waals surface area contributed by atoms with Crippen LogP contribution in [0.2, 0.25) is 0 Å². The summed E-state index contributed by atoms with van der Waals surface area (Å²) in [6.45, 7) is 3.18. The van der Waals surface area contributed by atoms with Crippen LogP contribution >= 0.6 is 0 Å². The predicted molar refractivity (Wildman–Crippen MR) is 104 cm³/mol. The van der Waals surface area contributed by atoms with Gasteiger partial charge < -0.3 is 15.0 Å². The number of hydrogen-bond acceptors (Lipinski definition) is 5. The Kier molecular flexibility index (Phi) is 23.0. The maximum atomic E-state index is 10.5. The zero-order valence-electron chi connectivity index (χ0n) is 17.2. The second-order valence-electron chi connectivity index (χ2n) is 7.18. The van der Waals surface area contributed by atoms with Crippen molar-refractivity contribution in [2.24, 2.45) is 0 Å². The molecule has 0 aromatic carbocycles. The summed E-state index contributed by atoms with van der Waals surface area (Å²) in [7, 11) is -4.34. The summed E-state index contributed by atoms with van der Waals surface area (Å²) in [6.07, 6.45) is 17.3. The molecule has 0 aliphatic carbocycles. The molecule has 152 valence electrons. The van der Waals surface area contributed by atoms with Gasteiger partial charge in [0.05, 0.1) is 22.0 Å². The van der Waals surface area contributed by atoms with Gasteiger partial charge in [0.2, 0.25) is 0 Å². The number of unbranched alkanes of at least 4 members (excludes halogenated alkanes) is 13. The minimum Gasteiger partial charge on any atom is -0.748 e. The molecule has 0 saturated carbocycles.